The first-order chi connectivity index (χ1) is 9.10. The monoisotopic (exact) mass is 267 g/mol. The molecule has 8 heteroatoms. The Hall–Kier alpha value is -2.35. The number of carbonyl (C=O) groups excluding carboxylic acids is 1. The number of nitrogens with one attached hydrogen (secondary N) is 1. The lowest BCUT2D eigenvalue weighted by Crippen LogP contribution is -2.22. The van der Waals surface area contributed by atoms with E-state index in [9.17, 15) is 14.9 Å². The average molecular weight is 267 g/mol. The normalized spacial score (nSPS) is 17.7. The number of benzene rings is 1. The van der Waals surface area contributed by atoms with Crippen molar-refractivity contribution in [1.82, 2.24) is 5.32 Å². The van der Waals surface area contributed by atoms with Gasteiger partial charge >= 0.3 is 6.09 Å². The van der Waals surface area contributed by atoms with Crippen molar-refractivity contribution in [3.05, 3.63) is 33.9 Å². The SMILES string of the molecule is NCc1cc([N+](=O)[O-])ccc1OCC1CNC(=O)O1. The summed E-state index contributed by atoms with van der Waals surface area (Å²) >= 11 is 0. The van der Waals surface area contributed by atoms with Crippen molar-refractivity contribution in [1.29, 1.82) is 0 Å². The number of ether oxygens (including phenoxy) is 2. The van der Waals surface area contributed by atoms with Crippen LogP contribution in [0.5, 0.6) is 5.75 Å². The number of non-ortho nitro benzene ring substituents is 1. The van der Waals surface area contributed by atoms with E-state index in [0.29, 0.717) is 17.9 Å². The van der Waals surface area contributed by atoms with Gasteiger partial charge in [-0.3, -0.25) is 10.1 Å². The van der Waals surface area contributed by atoms with E-state index in [-0.39, 0.29) is 24.9 Å². The third-order valence-electron chi connectivity index (χ3n) is 2.65. The Kier molecular flexibility index (Phi) is 3.81. The number of nitro groups is 1. The molecule has 1 aliphatic rings. The van der Waals surface area contributed by atoms with Gasteiger partial charge in [0.2, 0.25) is 0 Å². The molecule has 0 radical (unpaired) electrons. The fraction of sp³-hybridized carbons (Fsp3) is 0.364. The summed E-state index contributed by atoms with van der Waals surface area (Å²) in [6.45, 7) is 0.674. The van der Waals surface area contributed by atoms with Gasteiger partial charge in [-0.2, -0.15) is 0 Å². The van der Waals surface area contributed by atoms with E-state index in [2.05, 4.69) is 5.32 Å². The Labute approximate surface area is 108 Å². The predicted octanol–water partition coefficient (Wildman–Crippen LogP) is 0.541. The average Bonchev–Trinajstić information content (AvgIpc) is 2.81. The molecule has 0 aliphatic carbocycles. The lowest BCUT2D eigenvalue weighted by atomic mass is 10.2. The number of hydrogen-bond acceptors (Lipinski definition) is 6. The van der Waals surface area contributed by atoms with E-state index < -0.39 is 11.0 Å². The largest absolute Gasteiger partial charge is 0.489 e. The number of carbonyl (C=O) groups is 1. The fourth-order valence-corrected chi connectivity index (χ4v) is 1.69. The van der Waals surface area contributed by atoms with Crippen LogP contribution in [0.1, 0.15) is 5.56 Å². The first-order valence-electron chi connectivity index (χ1n) is 5.65. The van der Waals surface area contributed by atoms with Crippen molar-refractivity contribution in [3.8, 4) is 5.75 Å². The Balaban J connectivity index is 2.03. The number of cyclic esters (lactones) is 1. The van der Waals surface area contributed by atoms with Crippen molar-refractivity contribution in [2.24, 2.45) is 5.73 Å². The van der Waals surface area contributed by atoms with Crippen molar-refractivity contribution in [2.75, 3.05) is 13.2 Å². The van der Waals surface area contributed by atoms with Gasteiger partial charge in [-0.15, -0.1) is 0 Å². The van der Waals surface area contributed by atoms with Crippen LogP contribution in [0.3, 0.4) is 0 Å². The molecule has 1 unspecified atom stereocenters. The Morgan fingerprint density at radius 2 is 2.37 bits per heavy atom. The molecule has 19 heavy (non-hydrogen) atoms. The van der Waals surface area contributed by atoms with Crippen LogP contribution >= 0.6 is 0 Å². The molecule has 1 atom stereocenters. The first kappa shape index (κ1) is 13.1. The minimum absolute atomic E-state index is 0.0400. The zero-order valence-electron chi connectivity index (χ0n) is 10.00. The molecule has 1 aliphatic heterocycles. The standard InChI is InChI=1S/C11H13N3O5/c12-4-7-3-8(14(16)17)1-2-10(7)18-6-9-5-13-11(15)19-9/h1-3,9H,4-6,12H2,(H,13,15). The van der Waals surface area contributed by atoms with Gasteiger partial charge < -0.3 is 20.5 Å². The smallest absolute Gasteiger partial charge is 0.407 e. The number of nitro benzene ring substituents is 1. The molecule has 102 valence electrons. The summed E-state index contributed by atoms with van der Waals surface area (Å²) in [4.78, 5) is 21.0. The molecule has 1 aromatic carbocycles. The minimum Gasteiger partial charge on any atom is -0.489 e. The van der Waals surface area contributed by atoms with E-state index >= 15 is 0 Å². The molecule has 0 aromatic heterocycles. The fourth-order valence-electron chi connectivity index (χ4n) is 1.69. The molecule has 1 amide bonds. The van der Waals surface area contributed by atoms with Gasteiger partial charge in [0.15, 0.2) is 6.10 Å². The maximum absolute atomic E-state index is 10.8. The van der Waals surface area contributed by atoms with Gasteiger partial charge in [-0.05, 0) is 6.07 Å². The van der Waals surface area contributed by atoms with Crippen LogP contribution in [0, 0.1) is 10.1 Å². The summed E-state index contributed by atoms with van der Waals surface area (Å²) in [5.74, 6) is 0.455. The van der Waals surface area contributed by atoms with Crippen molar-refractivity contribution in [3.63, 3.8) is 0 Å². The summed E-state index contributed by atoms with van der Waals surface area (Å²) < 4.78 is 10.4. The second-order valence-electron chi connectivity index (χ2n) is 3.97. The van der Waals surface area contributed by atoms with E-state index in [1.54, 1.807) is 0 Å². The quantitative estimate of drug-likeness (QED) is 0.594. The maximum atomic E-state index is 10.8. The number of amides is 1. The highest BCUT2D eigenvalue weighted by Crippen LogP contribution is 2.24. The molecule has 2 rings (SSSR count). The van der Waals surface area contributed by atoms with Crippen LogP contribution in [0.25, 0.3) is 0 Å². The second kappa shape index (κ2) is 5.53. The van der Waals surface area contributed by atoms with Crippen LogP contribution in [-0.4, -0.2) is 30.3 Å². The van der Waals surface area contributed by atoms with Crippen LogP contribution in [-0.2, 0) is 11.3 Å². The minimum atomic E-state index is -0.494. The van der Waals surface area contributed by atoms with E-state index in [4.69, 9.17) is 15.2 Å². The zero-order valence-corrected chi connectivity index (χ0v) is 10.00. The Bertz CT molecular complexity index is 505. The molecule has 0 saturated carbocycles. The Morgan fingerprint density at radius 1 is 1.58 bits per heavy atom. The third-order valence-corrected chi connectivity index (χ3v) is 2.65. The van der Waals surface area contributed by atoms with Crippen molar-refractivity contribution >= 4 is 11.8 Å². The first-order valence-corrected chi connectivity index (χ1v) is 5.65. The van der Waals surface area contributed by atoms with E-state index in [0.717, 1.165) is 0 Å². The van der Waals surface area contributed by atoms with Crippen LogP contribution in [0.2, 0.25) is 0 Å². The van der Waals surface area contributed by atoms with Gasteiger partial charge in [-0.25, -0.2) is 4.79 Å². The molecular weight excluding hydrogens is 254 g/mol. The summed E-state index contributed by atoms with van der Waals surface area (Å²) in [5.41, 5.74) is 6.02. The van der Waals surface area contributed by atoms with Gasteiger partial charge in [0, 0.05) is 24.2 Å². The summed E-state index contributed by atoms with van der Waals surface area (Å²) in [7, 11) is 0. The van der Waals surface area contributed by atoms with Gasteiger partial charge in [-0.1, -0.05) is 0 Å². The van der Waals surface area contributed by atoms with Gasteiger partial charge in [0.05, 0.1) is 11.5 Å². The summed E-state index contributed by atoms with van der Waals surface area (Å²) in [5, 5.41) is 13.1. The van der Waals surface area contributed by atoms with Crippen LogP contribution in [0.15, 0.2) is 18.2 Å². The topological polar surface area (TPSA) is 117 Å². The molecule has 1 aromatic rings. The lowest BCUT2D eigenvalue weighted by Gasteiger charge is -2.12. The molecule has 8 nitrogen and oxygen atoms in total. The highest BCUT2D eigenvalue weighted by Gasteiger charge is 2.23. The Morgan fingerprint density at radius 3 is 2.95 bits per heavy atom. The molecule has 0 spiro atoms. The lowest BCUT2D eigenvalue weighted by molar-refractivity contribution is -0.384. The number of nitrogens with two attached hydrogens (primary N) is 1. The van der Waals surface area contributed by atoms with Crippen molar-refractivity contribution < 1.29 is 19.2 Å². The second-order valence-corrected chi connectivity index (χ2v) is 3.97. The van der Waals surface area contributed by atoms with E-state index in [1.165, 1.54) is 18.2 Å². The highest BCUT2D eigenvalue weighted by molar-refractivity contribution is 5.69. The van der Waals surface area contributed by atoms with Crippen molar-refractivity contribution in [2.45, 2.75) is 12.6 Å². The van der Waals surface area contributed by atoms with Crippen LogP contribution < -0.4 is 15.8 Å². The molecular formula is C11H13N3O5. The molecule has 3 N–H and O–H groups in total. The predicted molar refractivity (Wildman–Crippen MR) is 64.8 cm³/mol. The highest BCUT2D eigenvalue weighted by atomic mass is 16.6. The number of hydrogen-bond donors (Lipinski definition) is 2. The zero-order chi connectivity index (χ0) is 13.8. The number of nitrogens with zero attached hydrogens (tertiary/aromatic N) is 1. The van der Waals surface area contributed by atoms with Gasteiger partial charge in [0.25, 0.3) is 5.69 Å². The molecule has 1 fully saturated rings. The van der Waals surface area contributed by atoms with E-state index in [1.807, 2.05) is 0 Å². The van der Waals surface area contributed by atoms with Crippen LogP contribution in [0.4, 0.5) is 10.5 Å². The number of rotatable bonds is 5. The summed E-state index contributed by atoms with van der Waals surface area (Å²) in [6.07, 6.45) is -0.843. The summed E-state index contributed by atoms with van der Waals surface area (Å²) in [6, 6.07) is 4.20. The van der Waals surface area contributed by atoms with Gasteiger partial charge in [0.1, 0.15) is 12.4 Å². The molecule has 1 heterocycles. The maximum Gasteiger partial charge on any atom is 0.407 e. The molecule has 1 saturated heterocycles. The third kappa shape index (κ3) is 3.10. The molecule has 0 bridgehead atoms. The number of alkyl carbamates (subject to hydrolysis) is 1.